The number of morpholine rings is 1. The van der Waals surface area contributed by atoms with Gasteiger partial charge >= 0.3 is 0 Å². The van der Waals surface area contributed by atoms with E-state index in [4.69, 9.17) is 4.74 Å². The molecule has 1 saturated heterocycles. The Bertz CT molecular complexity index is 328. The summed E-state index contributed by atoms with van der Waals surface area (Å²) in [4.78, 5) is 14.5. The van der Waals surface area contributed by atoms with Crippen LogP contribution in [0.5, 0.6) is 0 Å². The number of nitrogens with zero attached hydrogens (tertiary/aromatic N) is 2. The molecule has 19 heavy (non-hydrogen) atoms. The van der Waals surface area contributed by atoms with E-state index in [1.54, 1.807) is 0 Å². The van der Waals surface area contributed by atoms with Crippen LogP contribution in [0.2, 0.25) is 0 Å². The van der Waals surface area contributed by atoms with Crippen molar-refractivity contribution >= 4 is 5.91 Å². The molecule has 0 aromatic rings. The standard InChI is InChI=1S/C14H25N3O2/c1-4-14(5-2,11-15)13(18)16-12(3)10-17-6-8-19-9-7-17/h12H,4-10H2,1-3H3,(H,16,18). The molecule has 0 saturated carbocycles. The lowest BCUT2D eigenvalue weighted by atomic mass is 9.83. The molecule has 0 aromatic carbocycles. The second-order valence-electron chi connectivity index (χ2n) is 5.19. The molecule has 0 spiro atoms. The lowest BCUT2D eigenvalue weighted by Crippen LogP contribution is -2.49. The summed E-state index contributed by atoms with van der Waals surface area (Å²) in [7, 11) is 0. The van der Waals surface area contributed by atoms with Gasteiger partial charge in [0.05, 0.1) is 19.3 Å². The molecular formula is C14H25N3O2. The smallest absolute Gasteiger partial charge is 0.240 e. The van der Waals surface area contributed by atoms with E-state index < -0.39 is 5.41 Å². The summed E-state index contributed by atoms with van der Waals surface area (Å²) in [5, 5.41) is 12.2. The predicted molar refractivity (Wildman–Crippen MR) is 73.5 cm³/mol. The molecule has 1 rings (SSSR count). The Morgan fingerprint density at radius 2 is 2.00 bits per heavy atom. The van der Waals surface area contributed by atoms with Gasteiger partial charge in [-0.2, -0.15) is 5.26 Å². The summed E-state index contributed by atoms with van der Waals surface area (Å²) in [6.07, 6.45) is 1.10. The van der Waals surface area contributed by atoms with E-state index in [9.17, 15) is 10.1 Å². The zero-order chi connectivity index (χ0) is 14.3. The molecule has 0 bridgehead atoms. The second-order valence-corrected chi connectivity index (χ2v) is 5.19. The molecule has 1 heterocycles. The Morgan fingerprint density at radius 1 is 1.42 bits per heavy atom. The van der Waals surface area contributed by atoms with Gasteiger partial charge in [-0.1, -0.05) is 13.8 Å². The number of ether oxygens (including phenoxy) is 1. The quantitative estimate of drug-likeness (QED) is 0.784. The van der Waals surface area contributed by atoms with E-state index in [2.05, 4.69) is 16.3 Å². The predicted octanol–water partition coefficient (Wildman–Crippen LogP) is 1.15. The molecule has 1 N–H and O–H groups in total. The molecule has 0 aromatic heterocycles. The fourth-order valence-electron chi connectivity index (χ4n) is 2.36. The molecule has 0 radical (unpaired) electrons. The van der Waals surface area contributed by atoms with Crippen molar-refractivity contribution in [3.8, 4) is 6.07 Å². The normalized spacial score (nSPS) is 18.6. The first-order chi connectivity index (χ1) is 9.07. The van der Waals surface area contributed by atoms with Gasteiger partial charge < -0.3 is 10.1 Å². The zero-order valence-electron chi connectivity index (χ0n) is 12.2. The third-order valence-corrected chi connectivity index (χ3v) is 3.87. The van der Waals surface area contributed by atoms with Crippen LogP contribution in [0.4, 0.5) is 0 Å². The van der Waals surface area contributed by atoms with Crippen molar-refractivity contribution in [1.29, 1.82) is 5.26 Å². The van der Waals surface area contributed by atoms with Crippen LogP contribution in [-0.2, 0) is 9.53 Å². The van der Waals surface area contributed by atoms with E-state index in [1.807, 2.05) is 20.8 Å². The van der Waals surface area contributed by atoms with Gasteiger partial charge in [0, 0.05) is 25.7 Å². The summed E-state index contributed by atoms with van der Waals surface area (Å²) in [5.74, 6) is -0.138. The van der Waals surface area contributed by atoms with Crippen LogP contribution in [0.3, 0.4) is 0 Å². The number of carbonyl (C=O) groups excluding carboxylic acids is 1. The number of nitriles is 1. The van der Waals surface area contributed by atoms with Crippen LogP contribution < -0.4 is 5.32 Å². The van der Waals surface area contributed by atoms with Crippen molar-refractivity contribution in [3.05, 3.63) is 0 Å². The first-order valence-corrected chi connectivity index (χ1v) is 7.10. The second kappa shape index (κ2) is 7.46. The topological polar surface area (TPSA) is 65.4 Å². The Morgan fingerprint density at radius 3 is 2.47 bits per heavy atom. The van der Waals surface area contributed by atoms with E-state index in [0.717, 1.165) is 32.8 Å². The van der Waals surface area contributed by atoms with E-state index in [-0.39, 0.29) is 11.9 Å². The van der Waals surface area contributed by atoms with Crippen LogP contribution in [0.25, 0.3) is 0 Å². The fraction of sp³-hybridized carbons (Fsp3) is 0.857. The maximum Gasteiger partial charge on any atom is 0.240 e. The first-order valence-electron chi connectivity index (χ1n) is 7.10. The van der Waals surface area contributed by atoms with Crippen molar-refractivity contribution in [1.82, 2.24) is 10.2 Å². The minimum absolute atomic E-state index is 0.0522. The van der Waals surface area contributed by atoms with Gasteiger partial charge in [0.1, 0.15) is 5.41 Å². The van der Waals surface area contributed by atoms with Gasteiger partial charge in [0.15, 0.2) is 0 Å². The van der Waals surface area contributed by atoms with Gasteiger partial charge in [-0.25, -0.2) is 0 Å². The first kappa shape index (κ1) is 15.9. The van der Waals surface area contributed by atoms with E-state index >= 15 is 0 Å². The van der Waals surface area contributed by atoms with Crippen LogP contribution in [0.1, 0.15) is 33.6 Å². The summed E-state index contributed by atoms with van der Waals surface area (Å²) in [5.41, 5.74) is -0.876. The maximum absolute atomic E-state index is 12.2. The molecule has 1 aliphatic heterocycles. The fourth-order valence-corrected chi connectivity index (χ4v) is 2.36. The zero-order valence-corrected chi connectivity index (χ0v) is 12.2. The van der Waals surface area contributed by atoms with E-state index in [0.29, 0.717) is 12.8 Å². The van der Waals surface area contributed by atoms with Crippen LogP contribution in [-0.4, -0.2) is 49.7 Å². The van der Waals surface area contributed by atoms with Crippen molar-refractivity contribution in [2.75, 3.05) is 32.8 Å². The van der Waals surface area contributed by atoms with E-state index in [1.165, 1.54) is 0 Å². The number of nitrogens with one attached hydrogen (secondary N) is 1. The summed E-state index contributed by atoms with van der Waals surface area (Å²) < 4.78 is 5.30. The third-order valence-electron chi connectivity index (χ3n) is 3.87. The highest BCUT2D eigenvalue weighted by Gasteiger charge is 2.35. The average molecular weight is 267 g/mol. The summed E-state index contributed by atoms with van der Waals surface area (Å²) in [6, 6.07) is 2.23. The van der Waals surface area contributed by atoms with Crippen molar-refractivity contribution in [2.24, 2.45) is 5.41 Å². The van der Waals surface area contributed by atoms with Crippen LogP contribution in [0, 0.1) is 16.7 Å². The molecular weight excluding hydrogens is 242 g/mol. The van der Waals surface area contributed by atoms with Gasteiger partial charge in [-0.15, -0.1) is 0 Å². The molecule has 0 aliphatic carbocycles. The third kappa shape index (κ3) is 4.19. The lowest BCUT2D eigenvalue weighted by Gasteiger charge is -2.31. The number of hydrogen-bond acceptors (Lipinski definition) is 4. The highest BCUT2D eigenvalue weighted by Crippen LogP contribution is 2.25. The highest BCUT2D eigenvalue weighted by atomic mass is 16.5. The SMILES string of the molecule is CCC(C#N)(CC)C(=O)NC(C)CN1CCOCC1. The number of rotatable bonds is 6. The van der Waals surface area contributed by atoms with Gasteiger partial charge in [0.25, 0.3) is 0 Å². The molecule has 1 atom stereocenters. The van der Waals surface area contributed by atoms with Crippen LogP contribution in [0.15, 0.2) is 0 Å². The molecule has 5 heteroatoms. The number of carbonyl (C=O) groups is 1. The molecule has 1 unspecified atom stereocenters. The largest absolute Gasteiger partial charge is 0.379 e. The van der Waals surface area contributed by atoms with Gasteiger partial charge in [0.2, 0.25) is 5.91 Å². The Hall–Kier alpha value is -1.12. The van der Waals surface area contributed by atoms with Gasteiger partial charge in [-0.3, -0.25) is 9.69 Å². The molecule has 5 nitrogen and oxygen atoms in total. The van der Waals surface area contributed by atoms with Crippen molar-refractivity contribution < 1.29 is 9.53 Å². The minimum atomic E-state index is -0.876. The monoisotopic (exact) mass is 267 g/mol. The Kier molecular flexibility index (Phi) is 6.26. The number of amides is 1. The van der Waals surface area contributed by atoms with Crippen molar-refractivity contribution in [3.63, 3.8) is 0 Å². The number of hydrogen-bond donors (Lipinski definition) is 1. The molecule has 1 aliphatic rings. The molecule has 108 valence electrons. The highest BCUT2D eigenvalue weighted by molar-refractivity contribution is 5.85. The van der Waals surface area contributed by atoms with Gasteiger partial charge in [-0.05, 0) is 19.8 Å². The average Bonchev–Trinajstić information content (AvgIpc) is 2.42. The minimum Gasteiger partial charge on any atom is -0.379 e. The maximum atomic E-state index is 12.2. The Labute approximate surface area is 115 Å². The van der Waals surface area contributed by atoms with Crippen molar-refractivity contribution in [2.45, 2.75) is 39.7 Å². The summed E-state index contributed by atoms with van der Waals surface area (Å²) in [6.45, 7) is 9.90. The summed E-state index contributed by atoms with van der Waals surface area (Å²) >= 11 is 0. The Balaban J connectivity index is 2.48. The molecule has 1 amide bonds. The van der Waals surface area contributed by atoms with Crippen LogP contribution >= 0.6 is 0 Å². The lowest BCUT2D eigenvalue weighted by molar-refractivity contribution is -0.129. The molecule has 1 fully saturated rings.